The Hall–Kier alpha value is -1.61. The summed E-state index contributed by atoms with van der Waals surface area (Å²) in [5.74, 6) is 1.13. The van der Waals surface area contributed by atoms with E-state index in [1.807, 2.05) is 16.8 Å². The van der Waals surface area contributed by atoms with Crippen LogP contribution in [0.4, 0.5) is 5.82 Å². The van der Waals surface area contributed by atoms with Crippen molar-refractivity contribution in [2.24, 2.45) is 10.7 Å². The average Bonchev–Trinajstić information content (AvgIpc) is 3.01. The zero-order valence-corrected chi connectivity index (χ0v) is 11.1. The summed E-state index contributed by atoms with van der Waals surface area (Å²) in [5.41, 5.74) is 6.66. The van der Waals surface area contributed by atoms with Gasteiger partial charge in [-0.3, -0.25) is 0 Å². The molecule has 1 saturated heterocycles. The summed E-state index contributed by atoms with van der Waals surface area (Å²) in [7, 11) is 1.53. The number of anilines is 1. The van der Waals surface area contributed by atoms with Gasteiger partial charge in [0.15, 0.2) is 0 Å². The Morgan fingerprint density at radius 1 is 1.65 bits per heavy atom. The van der Waals surface area contributed by atoms with Crippen molar-refractivity contribution in [2.45, 2.75) is 31.2 Å². The van der Waals surface area contributed by atoms with Crippen LogP contribution in [-0.4, -0.2) is 52.9 Å². The molecule has 1 aromatic rings. The van der Waals surface area contributed by atoms with E-state index in [-0.39, 0.29) is 12.8 Å². The second-order valence-corrected chi connectivity index (χ2v) is 4.85. The van der Waals surface area contributed by atoms with E-state index in [1.165, 1.54) is 7.11 Å². The van der Waals surface area contributed by atoms with Gasteiger partial charge in [0, 0.05) is 19.7 Å². The van der Waals surface area contributed by atoms with Gasteiger partial charge in [0.1, 0.15) is 24.0 Å². The zero-order valence-electron chi connectivity index (χ0n) is 11.1. The maximum absolute atomic E-state index is 9.82. The lowest BCUT2D eigenvalue weighted by Gasteiger charge is -2.24. The van der Waals surface area contributed by atoms with Gasteiger partial charge in [-0.1, -0.05) is 0 Å². The summed E-state index contributed by atoms with van der Waals surface area (Å²) in [6, 6.07) is 1.83. The van der Waals surface area contributed by atoms with Crippen LogP contribution < -0.4 is 11.1 Å². The summed E-state index contributed by atoms with van der Waals surface area (Å²) in [6.45, 7) is -0.209. The zero-order chi connectivity index (χ0) is 14.3. The van der Waals surface area contributed by atoms with Gasteiger partial charge < -0.3 is 35.3 Å². The average molecular weight is 282 g/mol. The molecule has 0 aliphatic carbocycles. The normalized spacial score (nSPS) is 32.6. The Labute approximate surface area is 115 Å². The Bertz CT molecular complexity index is 530. The fraction of sp³-hybridized carbons (Fsp3) is 0.583. The van der Waals surface area contributed by atoms with Crippen molar-refractivity contribution in [2.75, 3.05) is 19.0 Å². The standard InChI is InChI=1S/C12H18N4O4/c1-19-12-14-10(13)6-2-3-16(11(6)15-12)9-4-7(18)8(5-17)20-9/h2-3,7-9,12,15,17-18H,4-5H2,1H3,(H2,13,14)/t7-,8+,9+,12?/m0/s1. The molecule has 0 spiro atoms. The predicted molar refractivity (Wildman–Crippen MR) is 71.2 cm³/mol. The second-order valence-electron chi connectivity index (χ2n) is 4.85. The van der Waals surface area contributed by atoms with Crippen LogP contribution in [0.3, 0.4) is 0 Å². The monoisotopic (exact) mass is 282 g/mol. The van der Waals surface area contributed by atoms with Gasteiger partial charge in [0.2, 0.25) is 6.35 Å². The van der Waals surface area contributed by atoms with Crippen LogP contribution in [0.5, 0.6) is 0 Å². The molecule has 110 valence electrons. The van der Waals surface area contributed by atoms with Gasteiger partial charge in [-0.2, -0.15) is 0 Å². The number of aliphatic hydroxyl groups is 2. The van der Waals surface area contributed by atoms with Crippen molar-refractivity contribution in [1.29, 1.82) is 0 Å². The summed E-state index contributed by atoms with van der Waals surface area (Å²) in [5, 5.41) is 22.1. The van der Waals surface area contributed by atoms with Crippen LogP contribution >= 0.6 is 0 Å². The number of nitrogens with one attached hydrogen (secondary N) is 1. The highest BCUT2D eigenvalue weighted by atomic mass is 16.5. The summed E-state index contributed by atoms with van der Waals surface area (Å²) in [6.07, 6.45) is 0.0671. The summed E-state index contributed by atoms with van der Waals surface area (Å²) >= 11 is 0. The first-order chi connectivity index (χ1) is 9.63. The highest BCUT2D eigenvalue weighted by Gasteiger charge is 2.36. The van der Waals surface area contributed by atoms with Crippen LogP contribution in [0, 0.1) is 0 Å². The summed E-state index contributed by atoms with van der Waals surface area (Å²) in [4.78, 5) is 4.15. The Balaban J connectivity index is 1.89. The minimum atomic E-state index is -0.684. The quantitative estimate of drug-likeness (QED) is 0.576. The lowest BCUT2D eigenvalue weighted by molar-refractivity contribution is -0.0437. The molecule has 3 rings (SSSR count). The van der Waals surface area contributed by atoms with E-state index in [9.17, 15) is 5.11 Å². The maximum Gasteiger partial charge on any atom is 0.228 e. The number of aliphatic hydroxyl groups excluding tert-OH is 2. The number of aliphatic imine (C=N–C) groups is 1. The molecule has 3 heterocycles. The van der Waals surface area contributed by atoms with Gasteiger partial charge in [-0.15, -0.1) is 0 Å². The number of amidine groups is 1. The van der Waals surface area contributed by atoms with Crippen molar-refractivity contribution >= 4 is 11.7 Å². The van der Waals surface area contributed by atoms with Crippen LogP contribution in [-0.2, 0) is 9.47 Å². The fourth-order valence-electron chi connectivity index (χ4n) is 2.55. The van der Waals surface area contributed by atoms with Gasteiger partial charge in [-0.05, 0) is 6.07 Å². The molecule has 4 atom stereocenters. The highest BCUT2D eigenvalue weighted by Crippen LogP contribution is 2.34. The minimum absolute atomic E-state index is 0.209. The molecule has 0 saturated carbocycles. The van der Waals surface area contributed by atoms with Crippen LogP contribution in [0.1, 0.15) is 18.2 Å². The van der Waals surface area contributed by atoms with E-state index in [2.05, 4.69) is 10.3 Å². The number of rotatable bonds is 3. The third-order valence-electron chi connectivity index (χ3n) is 3.63. The number of nitrogens with two attached hydrogens (primary N) is 1. The third-order valence-corrected chi connectivity index (χ3v) is 3.63. The maximum atomic E-state index is 9.82. The first-order valence-electron chi connectivity index (χ1n) is 6.42. The molecule has 8 heteroatoms. The van der Waals surface area contributed by atoms with Crippen molar-refractivity contribution in [3.05, 3.63) is 17.8 Å². The van der Waals surface area contributed by atoms with E-state index < -0.39 is 18.6 Å². The van der Waals surface area contributed by atoms with E-state index in [4.69, 9.17) is 20.3 Å². The van der Waals surface area contributed by atoms with E-state index >= 15 is 0 Å². The number of hydrogen-bond donors (Lipinski definition) is 4. The molecule has 0 bridgehead atoms. The molecule has 5 N–H and O–H groups in total. The number of fused-ring (bicyclic) bond motifs is 1. The lowest BCUT2D eigenvalue weighted by atomic mass is 10.2. The molecular weight excluding hydrogens is 264 g/mol. The van der Waals surface area contributed by atoms with Gasteiger partial charge in [0.05, 0.1) is 18.3 Å². The van der Waals surface area contributed by atoms with Crippen LogP contribution in [0.2, 0.25) is 0 Å². The fourth-order valence-corrected chi connectivity index (χ4v) is 2.55. The third kappa shape index (κ3) is 2.06. The number of aromatic nitrogens is 1. The topological polar surface area (TPSA) is 114 Å². The Kier molecular flexibility index (Phi) is 3.38. The molecular formula is C12H18N4O4. The molecule has 20 heavy (non-hydrogen) atoms. The van der Waals surface area contributed by atoms with Crippen molar-refractivity contribution < 1.29 is 19.7 Å². The molecule has 1 aromatic heterocycles. The number of nitrogens with zero attached hydrogens (tertiary/aromatic N) is 2. The van der Waals surface area contributed by atoms with Gasteiger partial charge >= 0.3 is 0 Å². The van der Waals surface area contributed by atoms with E-state index in [0.29, 0.717) is 12.3 Å². The summed E-state index contributed by atoms with van der Waals surface area (Å²) < 4.78 is 12.6. The largest absolute Gasteiger partial charge is 0.394 e. The molecule has 1 fully saturated rings. The Morgan fingerprint density at radius 3 is 3.10 bits per heavy atom. The molecule has 2 aliphatic rings. The number of hydrogen-bond acceptors (Lipinski definition) is 7. The minimum Gasteiger partial charge on any atom is -0.394 e. The molecule has 2 aliphatic heterocycles. The van der Waals surface area contributed by atoms with Gasteiger partial charge in [0.25, 0.3) is 0 Å². The van der Waals surface area contributed by atoms with Crippen molar-refractivity contribution in [3.8, 4) is 0 Å². The van der Waals surface area contributed by atoms with Crippen molar-refractivity contribution in [3.63, 3.8) is 0 Å². The molecule has 0 aromatic carbocycles. The van der Waals surface area contributed by atoms with Crippen LogP contribution in [0.15, 0.2) is 17.3 Å². The smallest absolute Gasteiger partial charge is 0.228 e. The number of methoxy groups -OCH3 is 1. The van der Waals surface area contributed by atoms with E-state index in [0.717, 1.165) is 11.4 Å². The Morgan fingerprint density at radius 2 is 2.45 bits per heavy atom. The molecule has 0 amide bonds. The molecule has 0 radical (unpaired) electrons. The highest BCUT2D eigenvalue weighted by molar-refractivity contribution is 6.03. The molecule has 1 unspecified atom stereocenters. The molecule has 8 nitrogen and oxygen atoms in total. The first-order valence-corrected chi connectivity index (χ1v) is 6.42. The van der Waals surface area contributed by atoms with Crippen molar-refractivity contribution in [1.82, 2.24) is 4.57 Å². The SMILES string of the molecule is COC1N=C(N)c2ccn([C@H]3C[C@H](O)[C@@H](CO)O3)c2N1. The number of ether oxygens (including phenoxy) is 2. The predicted octanol–water partition coefficient (Wildman–Crippen LogP) is -0.810. The second kappa shape index (κ2) is 5.06. The van der Waals surface area contributed by atoms with Crippen LogP contribution in [0.25, 0.3) is 0 Å². The van der Waals surface area contributed by atoms with E-state index in [1.54, 1.807) is 0 Å². The lowest BCUT2D eigenvalue weighted by Crippen LogP contribution is -2.32. The first kappa shape index (κ1) is 13.4. The van der Waals surface area contributed by atoms with Gasteiger partial charge in [-0.25, -0.2) is 4.99 Å².